The third-order valence-corrected chi connectivity index (χ3v) is 9.02. The Morgan fingerprint density at radius 3 is 2.28 bits per heavy atom. The molecule has 3 fully saturated rings. The van der Waals surface area contributed by atoms with Gasteiger partial charge in [-0.3, -0.25) is 24.2 Å². The van der Waals surface area contributed by atoms with E-state index >= 15 is 0 Å². The van der Waals surface area contributed by atoms with Crippen LogP contribution in [0.3, 0.4) is 0 Å². The molecule has 0 aromatic carbocycles. The fourth-order valence-electron chi connectivity index (χ4n) is 6.45. The van der Waals surface area contributed by atoms with Crippen LogP contribution in [0.4, 0.5) is 0 Å². The van der Waals surface area contributed by atoms with Gasteiger partial charge in [0.1, 0.15) is 0 Å². The van der Waals surface area contributed by atoms with Gasteiger partial charge in [0.25, 0.3) is 0 Å². The standard InChI is InChI=1S/C29H54N4O.C2H5NO2/c1-9-23-16-13-19-33(23)20-25(21(2)3)32(8)26(22-14-12-15-22)27(29(4,5)6)30-28(34)24-17-10-11-18-31(24)7;1-5-3-2-4/h21,23-25,27H,9-20H2,1-8H3,(H,30,34);2H,1H3,(H,3,4)/t23-,24?,25?,27?;/m1./s1. The van der Waals surface area contributed by atoms with Gasteiger partial charge in [0.15, 0.2) is 0 Å². The summed E-state index contributed by atoms with van der Waals surface area (Å²) in [6.07, 6.45) is 11.3. The molecule has 0 bridgehead atoms. The third-order valence-electron chi connectivity index (χ3n) is 9.02. The number of nitrogens with zero attached hydrogens (tertiary/aromatic N) is 3. The highest BCUT2D eigenvalue weighted by Crippen LogP contribution is 2.38. The fourth-order valence-corrected chi connectivity index (χ4v) is 6.45. The van der Waals surface area contributed by atoms with Gasteiger partial charge < -0.3 is 10.2 Å². The zero-order chi connectivity index (χ0) is 29.2. The Hall–Kier alpha value is -1.64. The van der Waals surface area contributed by atoms with Gasteiger partial charge in [-0.2, -0.15) is 0 Å². The van der Waals surface area contributed by atoms with Crippen LogP contribution in [0.2, 0.25) is 0 Å². The van der Waals surface area contributed by atoms with Gasteiger partial charge in [0.2, 0.25) is 12.3 Å². The highest BCUT2D eigenvalue weighted by atomic mass is 16.6. The summed E-state index contributed by atoms with van der Waals surface area (Å²) in [7, 11) is 5.80. The van der Waals surface area contributed by atoms with Gasteiger partial charge in [-0.05, 0) is 88.4 Å². The smallest absolute Gasteiger partial charge is 0.237 e. The van der Waals surface area contributed by atoms with Crippen LogP contribution in [0, 0.1) is 11.3 Å². The van der Waals surface area contributed by atoms with E-state index in [1.165, 1.54) is 64.3 Å². The van der Waals surface area contributed by atoms with Crippen LogP contribution in [-0.2, 0) is 14.4 Å². The van der Waals surface area contributed by atoms with Gasteiger partial charge >= 0.3 is 0 Å². The van der Waals surface area contributed by atoms with Gasteiger partial charge in [0, 0.05) is 31.4 Å². The van der Waals surface area contributed by atoms with Gasteiger partial charge in [0.05, 0.1) is 19.2 Å². The SMILES string of the molecule is CC[C@@H]1CCCN1CC(C(C)C)N(C)C(=C1CCC1)C(NC(=O)C1CCCCN1C)C(C)(C)C.CONC=O. The van der Waals surface area contributed by atoms with E-state index in [1.54, 1.807) is 5.57 Å². The van der Waals surface area contributed by atoms with Crippen molar-refractivity contribution in [3.05, 3.63) is 11.3 Å². The Bertz CT molecular complexity index is 788. The van der Waals surface area contributed by atoms with Gasteiger partial charge in [-0.15, -0.1) is 0 Å². The number of carbonyl (C=O) groups is 2. The molecule has 0 aromatic rings. The third kappa shape index (κ3) is 9.46. The number of likely N-dealkylation sites (N-methyl/N-ethyl adjacent to an activating group) is 2. The van der Waals surface area contributed by atoms with Crippen LogP contribution in [-0.4, -0.2) is 92.0 Å². The molecule has 2 N–H and O–H groups in total. The Balaban J connectivity index is 0.000000976. The van der Waals surface area contributed by atoms with Crippen molar-refractivity contribution < 1.29 is 14.4 Å². The summed E-state index contributed by atoms with van der Waals surface area (Å²) >= 11 is 0. The first-order chi connectivity index (χ1) is 18.5. The lowest BCUT2D eigenvalue weighted by Crippen LogP contribution is -2.57. The Labute approximate surface area is 239 Å². The van der Waals surface area contributed by atoms with Crippen molar-refractivity contribution in [3.63, 3.8) is 0 Å². The summed E-state index contributed by atoms with van der Waals surface area (Å²) in [6, 6.07) is 1.23. The average molecular weight is 550 g/mol. The van der Waals surface area contributed by atoms with Crippen molar-refractivity contribution in [2.75, 3.05) is 40.8 Å². The first kappa shape index (κ1) is 33.6. The monoisotopic (exact) mass is 549 g/mol. The number of likely N-dealkylation sites (tertiary alicyclic amines) is 2. The van der Waals surface area contributed by atoms with Crippen molar-refractivity contribution in [3.8, 4) is 0 Å². The number of amides is 2. The zero-order valence-corrected chi connectivity index (χ0v) is 26.5. The molecule has 3 aliphatic rings. The molecule has 2 saturated heterocycles. The maximum atomic E-state index is 13.6. The molecule has 1 aliphatic carbocycles. The topological polar surface area (TPSA) is 77.2 Å². The molecule has 226 valence electrons. The van der Waals surface area contributed by atoms with Crippen LogP contribution in [0.25, 0.3) is 0 Å². The lowest BCUT2D eigenvalue weighted by Gasteiger charge is -2.46. The number of hydroxylamine groups is 1. The minimum absolute atomic E-state index is 0.00681. The highest BCUT2D eigenvalue weighted by molar-refractivity contribution is 5.82. The molecule has 2 amide bonds. The molecule has 39 heavy (non-hydrogen) atoms. The summed E-state index contributed by atoms with van der Waals surface area (Å²) in [6.45, 7) is 17.4. The largest absolute Gasteiger partial charge is 0.372 e. The van der Waals surface area contributed by atoms with Crippen molar-refractivity contribution in [2.24, 2.45) is 11.3 Å². The van der Waals surface area contributed by atoms with Crippen LogP contribution in [0.5, 0.6) is 0 Å². The average Bonchev–Trinajstić information content (AvgIpc) is 3.30. The molecule has 4 atom stereocenters. The quantitative estimate of drug-likeness (QED) is 0.291. The molecule has 1 saturated carbocycles. The van der Waals surface area contributed by atoms with Crippen LogP contribution in [0.15, 0.2) is 11.3 Å². The van der Waals surface area contributed by atoms with Crippen LogP contribution in [0.1, 0.15) is 99.3 Å². The lowest BCUT2D eigenvalue weighted by atomic mass is 9.78. The summed E-state index contributed by atoms with van der Waals surface area (Å²) in [5.74, 6) is 0.777. The summed E-state index contributed by atoms with van der Waals surface area (Å²) < 4.78 is 0. The number of rotatable bonds is 11. The second-order valence-electron chi connectivity index (χ2n) is 13.2. The maximum Gasteiger partial charge on any atom is 0.237 e. The first-order valence-corrected chi connectivity index (χ1v) is 15.4. The second-order valence-corrected chi connectivity index (χ2v) is 13.2. The summed E-state index contributed by atoms with van der Waals surface area (Å²) in [4.78, 5) is 34.4. The van der Waals surface area contributed by atoms with E-state index in [1.807, 2.05) is 5.48 Å². The molecule has 8 nitrogen and oxygen atoms in total. The summed E-state index contributed by atoms with van der Waals surface area (Å²) in [5, 5.41) is 3.60. The second kappa shape index (κ2) is 16.0. The minimum Gasteiger partial charge on any atom is -0.372 e. The van der Waals surface area contributed by atoms with E-state index < -0.39 is 0 Å². The maximum absolute atomic E-state index is 13.6. The van der Waals surface area contributed by atoms with Crippen molar-refractivity contribution in [1.82, 2.24) is 25.5 Å². The number of hydrogen-bond donors (Lipinski definition) is 2. The normalized spacial score (nSPS) is 23.8. The Kier molecular flexibility index (Phi) is 13.7. The first-order valence-electron chi connectivity index (χ1n) is 15.4. The predicted octanol–water partition coefficient (Wildman–Crippen LogP) is 4.56. The molecule has 8 heteroatoms. The number of allylic oxidation sites excluding steroid dienone is 1. The molecule has 3 unspecified atom stereocenters. The Morgan fingerprint density at radius 1 is 1.13 bits per heavy atom. The molecular weight excluding hydrogens is 490 g/mol. The molecule has 2 aliphatic heterocycles. The van der Waals surface area contributed by atoms with Crippen molar-refractivity contribution in [2.45, 2.75) is 123 Å². The molecule has 0 radical (unpaired) electrons. The van der Waals surface area contributed by atoms with E-state index in [0.717, 1.165) is 32.0 Å². The molecule has 2 heterocycles. The summed E-state index contributed by atoms with van der Waals surface area (Å²) in [5.41, 5.74) is 4.87. The number of piperidine rings is 1. The molecule has 3 rings (SSSR count). The highest BCUT2D eigenvalue weighted by Gasteiger charge is 2.39. The Morgan fingerprint density at radius 2 is 1.82 bits per heavy atom. The van der Waals surface area contributed by atoms with Gasteiger partial charge in [-0.1, -0.05) is 48.0 Å². The number of hydrogen-bond acceptors (Lipinski definition) is 6. The van der Waals surface area contributed by atoms with Crippen LogP contribution >= 0.6 is 0 Å². The molecule has 0 spiro atoms. The predicted molar refractivity (Wildman–Crippen MR) is 160 cm³/mol. The van der Waals surface area contributed by atoms with Crippen LogP contribution < -0.4 is 10.8 Å². The number of carbonyl (C=O) groups excluding carboxylic acids is 2. The van der Waals surface area contributed by atoms with E-state index in [0.29, 0.717) is 18.4 Å². The van der Waals surface area contributed by atoms with E-state index in [9.17, 15) is 4.79 Å². The molecule has 0 aromatic heterocycles. The van der Waals surface area contributed by atoms with Gasteiger partial charge in [-0.25, -0.2) is 5.48 Å². The zero-order valence-electron chi connectivity index (χ0n) is 26.5. The van der Waals surface area contributed by atoms with E-state index in [4.69, 9.17) is 4.79 Å². The van der Waals surface area contributed by atoms with E-state index in [2.05, 4.69) is 80.5 Å². The van der Waals surface area contributed by atoms with E-state index in [-0.39, 0.29) is 23.4 Å². The lowest BCUT2D eigenvalue weighted by molar-refractivity contribution is -0.128. The fraction of sp³-hybridized carbons (Fsp3) is 0.871. The molecular formula is C31H59N5O3. The minimum atomic E-state index is -0.0454. The van der Waals surface area contributed by atoms with Crippen molar-refractivity contribution in [1.29, 1.82) is 0 Å². The number of nitrogens with one attached hydrogen (secondary N) is 2. The van der Waals surface area contributed by atoms with Crippen molar-refractivity contribution >= 4 is 12.3 Å².